The number of rotatable bonds is 11. The number of ether oxygens (including phenoxy) is 1. The largest absolute Gasteiger partial charge is 0.492 e. The third-order valence-corrected chi connectivity index (χ3v) is 6.62. The number of halogens is 1. The number of hydrogen-bond donors (Lipinski definition) is 1. The average Bonchev–Trinajstić information content (AvgIpc) is 3.59. The average molecular weight is 533 g/mol. The highest BCUT2D eigenvalue weighted by Gasteiger charge is 2.17. The zero-order valence-corrected chi connectivity index (χ0v) is 23.5. The van der Waals surface area contributed by atoms with Crippen LogP contribution in [0, 0.1) is 6.92 Å². The minimum atomic E-state index is -0.697. The van der Waals surface area contributed by atoms with E-state index in [0.29, 0.717) is 17.9 Å². The van der Waals surface area contributed by atoms with Crippen molar-refractivity contribution in [2.75, 3.05) is 27.2 Å². The molecular formula is C30H37FN6O2. The summed E-state index contributed by atoms with van der Waals surface area (Å²) in [5.41, 5.74) is 5.95. The molecule has 9 heteroatoms. The zero-order valence-electron chi connectivity index (χ0n) is 23.5. The third kappa shape index (κ3) is 6.92. The van der Waals surface area contributed by atoms with Gasteiger partial charge in [0, 0.05) is 41.7 Å². The zero-order chi connectivity index (χ0) is 28.1. The van der Waals surface area contributed by atoms with Gasteiger partial charge in [-0.2, -0.15) is 10.2 Å². The van der Waals surface area contributed by atoms with E-state index in [9.17, 15) is 9.18 Å². The van der Waals surface area contributed by atoms with Crippen LogP contribution >= 0.6 is 0 Å². The number of hydrogen-bond acceptors (Lipinski definition) is 5. The van der Waals surface area contributed by atoms with Gasteiger partial charge in [0.05, 0.1) is 18.4 Å². The molecule has 0 bridgehead atoms. The molecule has 0 saturated heterocycles. The van der Waals surface area contributed by atoms with E-state index in [4.69, 9.17) is 4.74 Å². The van der Waals surface area contributed by atoms with Crippen molar-refractivity contribution in [1.29, 1.82) is 0 Å². The second-order valence-electron chi connectivity index (χ2n) is 10.4. The van der Waals surface area contributed by atoms with E-state index in [2.05, 4.69) is 35.4 Å². The second kappa shape index (κ2) is 12.3. The summed E-state index contributed by atoms with van der Waals surface area (Å²) in [6.45, 7) is 8.64. The smallest absolute Gasteiger partial charge is 0.252 e. The lowest BCUT2D eigenvalue weighted by atomic mass is 9.96. The normalized spacial score (nSPS) is 12.2. The Bertz CT molecular complexity index is 1420. The number of nitrogens with zero attached hydrogens (tertiary/aromatic N) is 5. The molecule has 39 heavy (non-hydrogen) atoms. The van der Waals surface area contributed by atoms with Gasteiger partial charge in [-0.15, -0.1) is 0 Å². The summed E-state index contributed by atoms with van der Waals surface area (Å²) in [5, 5.41) is 11.7. The Morgan fingerprint density at radius 1 is 1.00 bits per heavy atom. The number of aryl methyl sites for hydroxylation is 1. The molecule has 0 aliphatic rings. The van der Waals surface area contributed by atoms with Crippen molar-refractivity contribution < 1.29 is 13.9 Å². The van der Waals surface area contributed by atoms with Crippen molar-refractivity contribution in [3.63, 3.8) is 0 Å². The maximum absolute atomic E-state index is 13.4. The van der Waals surface area contributed by atoms with Gasteiger partial charge in [-0.3, -0.25) is 9.48 Å². The van der Waals surface area contributed by atoms with Crippen molar-refractivity contribution in [2.24, 2.45) is 0 Å². The number of aromatic nitrogens is 4. The standard InChI is InChI=1S/C30H37FN6O2/c1-20(2)37-18-27(16-33-37)25-12-23(11-24(13-25)26-15-32-36(17-26)19-31)22(4)34-30(38)29-14-28(8-7-21(29)3)39-10-9-35(5)6/h7-8,11-18,20,22H,9-10,19H2,1-6H3,(H,34,38)/t22-/m1/s1. The molecule has 1 amide bonds. The van der Waals surface area contributed by atoms with Crippen LogP contribution in [0.3, 0.4) is 0 Å². The molecule has 206 valence electrons. The quantitative estimate of drug-likeness (QED) is 0.270. The van der Waals surface area contributed by atoms with Crippen LogP contribution in [0.25, 0.3) is 22.3 Å². The molecule has 2 aromatic carbocycles. The second-order valence-corrected chi connectivity index (χ2v) is 10.4. The first-order valence-corrected chi connectivity index (χ1v) is 13.1. The first-order chi connectivity index (χ1) is 18.6. The van der Waals surface area contributed by atoms with Crippen LogP contribution < -0.4 is 10.1 Å². The van der Waals surface area contributed by atoms with Crippen molar-refractivity contribution >= 4 is 5.91 Å². The summed E-state index contributed by atoms with van der Waals surface area (Å²) in [6, 6.07) is 11.6. The number of likely N-dealkylation sites (N-methyl/N-ethyl adjacent to an activating group) is 1. The van der Waals surface area contributed by atoms with Gasteiger partial charge in [0.2, 0.25) is 0 Å². The molecule has 8 nitrogen and oxygen atoms in total. The Hall–Kier alpha value is -3.98. The maximum Gasteiger partial charge on any atom is 0.252 e. The number of amides is 1. The van der Waals surface area contributed by atoms with Crippen molar-refractivity contribution in [1.82, 2.24) is 29.8 Å². The molecule has 0 aliphatic carbocycles. The highest BCUT2D eigenvalue weighted by molar-refractivity contribution is 5.96. The molecule has 0 saturated carbocycles. The molecule has 0 unspecified atom stereocenters. The molecule has 2 heterocycles. The molecule has 0 fully saturated rings. The van der Waals surface area contributed by atoms with E-state index >= 15 is 0 Å². The van der Waals surface area contributed by atoms with Crippen LogP contribution in [0.4, 0.5) is 4.39 Å². The van der Waals surface area contributed by atoms with Gasteiger partial charge in [-0.25, -0.2) is 9.07 Å². The molecule has 0 aliphatic heterocycles. The minimum Gasteiger partial charge on any atom is -0.492 e. The van der Waals surface area contributed by atoms with E-state index in [1.807, 2.05) is 74.2 Å². The number of carbonyl (C=O) groups is 1. The Labute approximate surface area is 229 Å². The Kier molecular flexibility index (Phi) is 8.81. The van der Waals surface area contributed by atoms with Gasteiger partial charge in [0.1, 0.15) is 12.4 Å². The molecule has 0 spiro atoms. The molecule has 0 radical (unpaired) electrons. The monoisotopic (exact) mass is 532 g/mol. The molecule has 4 rings (SSSR count). The fourth-order valence-corrected chi connectivity index (χ4v) is 4.22. The van der Waals surface area contributed by atoms with Gasteiger partial charge in [-0.1, -0.05) is 6.07 Å². The highest BCUT2D eigenvalue weighted by atomic mass is 19.1. The van der Waals surface area contributed by atoms with Gasteiger partial charge in [0.15, 0.2) is 6.80 Å². The fraction of sp³-hybridized carbons (Fsp3) is 0.367. The van der Waals surface area contributed by atoms with Crippen LogP contribution in [0.2, 0.25) is 0 Å². The molecule has 4 aromatic rings. The SMILES string of the molecule is Cc1ccc(OCCN(C)C)cc1C(=O)N[C@H](C)c1cc(-c2cnn(CF)c2)cc(-c2cnn(C(C)C)c2)c1. The van der Waals surface area contributed by atoms with E-state index in [1.54, 1.807) is 18.5 Å². The number of carbonyl (C=O) groups excluding carboxylic acids is 1. The highest BCUT2D eigenvalue weighted by Crippen LogP contribution is 2.31. The van der Waals surface area contributed by atoms with Crippen molar-refractivity contribution in [2.45, 2.75) is 46.6 Å². The lowest BCUT2D eigenvalue weighted by Gasteiger charge is -2.18. The van der Waals surface area contributed by atoms with Gasteiger partial charge < -0.3 is 15.0 Å². The fourth-order valence-electron chi connectivity index (χ4n) is 4.22. The van der Waals surface area contributed by atoms with Gasteiger partial charge >= 0.3 is 0 Å². The maximum atomic E-state index is 13.4. The molecular weight excluding hydrogens is 495 g/mol. The third-order valence-electron chi connectivity index (χ3n) is 6.62. The minimum absolute atomic E-state index is 0.178. The summed E-state index contributed by atoms with van der Waals surface area (Å²) < 4.78 is 22.2. The van der Waals surface area contributed by atoms with E-state index < -0.39 is 6.80 Å². The first-order valence-electron chi connectivity index (χ1n) is 13.1. The number of benzene rings is 2. The first kappa shape index (κ1) is 28.0. The Morgan fingerprint density at radius 3 is 2.31 bits per heavy atom. The van der Waals surface area contributed by atoms with Gasteiger partial charge in [0.25, 0.3) is 5.91 Å². The summed E-state index contributed by atoms with van der Waals surface area (Å²) in [7, 11) is 3.98. The van der Waals surface area contributed by atoms with E-state index in [1.165, 1.54) is 4.68 Å². The Morgan fingerprint density at radius 2 is 1.69 bits per heavy atom. The summed E-state index contributed by atoms with van der Waals surface area (Å²) >= 11 is 0. The predicted molar refractivity (Wildman–Crippen MR) is 151 cm³/mol. The lowest BCUT2D eigenvalue weighted by Crippen LogP contribution is -2.27. The predicted octanol–water partition coefficient (Wildman–Crippen LogP) is 5.66. The van der Waals surface area contributed by atoms with Crippen LogP contribution in [0.1, 0.15) is 54.3 Å². The van der Waals surface area contributed by atoms with E-state index in [0.717, 1.165) is 39.9 Å². The summed E-state index contributed by atoms with van der Waals surface area (Å²) in [5.74, 6) is 0.486. The summed E-state index contributed by atoms with van der Waals surface area (Å²) in [4.78, 5) is 15.4. The Balaban J connectivity index is 1.62. The molecule has 1 N–H and O–H groups in total. The van der Waals surface area contributed by atoms with Crippen LogP contribution in [-0.2, 0) is 6.80 Å². The topological polar surface area (TPSA) is 77.2 Å². The van der Waals surface area contributed by atoms with Crippen molar-refractivity contribution in [3.8, 4) is 28.0 Å². The lowest BCUT2D eigenvalue weighted by molar-refractivity contribution is 0.0938. The van der Waals surface area contributed by atoms with E-state index in [-0.39, 0.29) is 18.0 Å². The number of nitrogens with one attached hydrogen (secondary N) is 1. The summed E-state index contributed by atoms with van der Waals surface area (Å²) in [6.07, 6.45) is 7.17. The molecule has 1 atom stereocenters. The number of alkyl halides is 1. The molecule has 2 aromatic heterocycles. The van der Waals surface area contributed by atoms with Gasteiger partial charge in [-0.05, 0) is 94.4 Å². The van der Waals surface area contributed by atoms with Crippen LogP contribution in [-0.4, -0.2) is 57.6 Å². The van der Waals surface area contributed by atoms with Crippen LogP contribution in [0.15, 0.2) is 61.2 Å². The van der Waals surface area contributed by atoms with Crippen molar-refractivity contribution in [3.05, 3.63) is 77.9 Å². The van der Waals surface area contributed by atoms with Crippen LogP contribution in [0.5, 0.6) is 5.75 Å².